The van der Waals surface area contributed by atoms with Crippen molar-refractivity contribution in [3.63, 3.8) is 0 Å². The van der Waals surface area contributed by atoms with Crippen LogP contribution in [0, 0.1) is 10.1 Å². The van der Waals surface area contributed by atoms with Gasteiger partial charge in [0.15, 0.2) is 0 Å². The molecule has 0 aromatic rings. The van der Waals surface area contributed by atoms with Crippen LogP contribution in [-0.4, -0.2) is 26.7 Å². The topological polar surface area (TPSA) is 52.4 Å². The average molecular weight is 314 g/mol. The quantitative estimate of drug-likeness (QED) is 0.435. The van der Waals surface area contributed by atoms with E-state index in [4.69, 9.17) is 0 Å². The molecule has 0 spiro atoms. The van der Waals surface area contributed by atoms with E-state index in [1.807, 2.05) is 13.4 Å². The van der Waals surface area contributed by atoms with Gasteiger partial charge >= 0.3 is 53.1 Å². The van der Waals surface area contributed by atoms with Gasteiger partial charge in [-0.1, -0.05) is 0 Å². The molecule has 0 aliphatic carbocycles. The van der Waals surface area contributed by atoms with E-state index in [0.29, 0.717) is 0 Å². The molecule has 0 saturated carbocycles. The van der Waals surface area contributed by atoms with Gasteiger partial charge in [0.25, 0.3) is 0 Å². The molecular formula is C3H9NO3Pb. The van der Waals surface area contributed by atoms with Crippen LogP contribution in [0.15, 0.2) is 0 Å². The third-order valence-electron chi connectivity index (χ3n) is 0.348. The molecule has 0 fully saturated rings. The van der Waals surface area contributed by atoms with Crippen molar-refractivity contribution in [2.24, 2.45) is 0 Å². The predicted octanol–water partition coefficient (Wildman–Crippen LogP) is 1.03. The Labute approximate surface area is 53.2 Å². The van der Waals surface area contributed by atoms with Crippen LogP contribution in [0.25, 0.3) is 0 Å². The summed E-state index contributed by atoms with van der Waals surface area (Å²) in [5.41, 5.74) is 0. The zero-order chi connectivity index (χ0) is 6.78. The van der Waals surface area contributed by atoms with Crippen LogP contribution in [0.1, 0.15) is 0 Å². The molecule has 0 aliphatic heterocycles. The van der Waals surface area contributed by atoms with Crippen molar-refractivity contribution in [2.45, 2.75) is 13.4 Å². The van der Waals surface area contributed by atoms with Crippen molar-refractivity contribution >= 4 is 21.6 Å². The zero-order valence-corrected chi connectivity index (χ0v) is 9.06. The molecule has 0 heterocycles. The number of hydrogen-bond donors (Lipinski definition) is 0. The summed E-state index contributed by atoms with van der Waals surface area (Å²) in [6.07, 6.45) is 0. The Morgan fingerprint density at radius 1 is 1.50 bits per heavy atom. The van der Waals surface area contributed by atoms with Gasteiger partial charge in [0.1, 0.15) is 0 Å². The van der Waals surface area contributed by atoms with E-state index >= 15 is 0 Å². The number of nitrogens with zero attached hydrogens (tertiary/aromatic N) is 1. The van der Waals surface area contributed by atoms with Crippen molar-refractivity contribution in [3.8, 4) is 0 Å². The maximum atomic E-state index is 9.65. The van der Waals surface area contributed by atoms with Crippen LogP contribution in [-0.2, 0) is 2.79 Å². The molecule has 0 rings (SSSR count). The first kappa shape index (κ1) is 8.12. The van der Waals surface area contributed by atoms with Gasteiger partial charge in [-0.2, -0.15) is 0 Å². The minimum atomic E-state index is -2.66. The van der Waals surface area contributed by atoms with Crippen LogP contribution in [0.4, 0.5) is 0 Å². The third-order valence-corrected chi connectivity index (χ3v) is 3.06. The van der Waals surface area contributed by atoms with Crippen molar-refractivity contribution in [2.75, 3.05) is 0 Å². The van der Waals surface area contributed by atoms with Crippen LogP contribution in [0.2, 0.25) is 13.4 Å². The summed E-state index contributed by atoms with van der Waals surface area (Å²) in [5.74, 6) is 0. The van der Waals surface area contributed by atoms with Gasteiger partial charge in [0.2, 0.25) is 0 Å². The fourth-order valence-electron chi connectivity index (χ4n) is 0.224. The van der Waals surface area contributed by atoms with E-state index in [9.17, 15) is 10.1 Å². The molecule has 0 unspecified atom stereocenters. The van der Waals surface area contributed by atoms with Crippen molar-refractivity contribution in [1.82, 2.24) is 0 Å². The van der Waals surface area contributed by atoms with Crippen LogP contribution >= 0.6 is 0 Å². The van der Waals surface area contributed by atoms with Crippen LogP contribution < -0.4 is 0 Å². The molecule has 4 nitrogen and oxygen atoms in total. The summed E-state index contributed by atoms with van der Waals surface area (Å²) in [6.45, 7) is 0. The normalized spacial score (nSPS) is 10.9. The molecule has 0 N–H and O–H groups in total. The second-order valence-corrected chi connectivity index (χ2v) is 19.6. The average Bonchev–Trinajstić information content (AvgIpc) is 1.21. The Morgan fingerprint density at radius 3 is 1.88 bits per heavy atom. The molecule has 5 heteroatoms. The summed E-state index contributed by atoms with van der Waals surface area (Å²) >= 11 is -2.66. The monoisotopic (exact) mass is 315 g/mol. The van der Waals surface area contributed by atoms with E-state index in [0.717, 1.165) is 0 Å². The van der Waals surface area contributed by atoms with E-state index in [-0.39, 0.29) is 0 Å². The molecule has 8 heavy (non-hydrogen) atoms. The summed E-state index contributed by atoms with van der Waals surface area (Å²) in [4.78, 5) is 9.65. The fraction of sp³-hybridized carbons (Fsp3) is 1.00. The molecule has 0 bridgehead atoms. The van der Waals surface area contributed by atoms with E-state index < -0.39 is 26.7 Å². The molecule has 0 radical (unpaired) electrons. The fourth-order valence-corrected chi connectivity index (χ4v) is 1.96. The van der Waals surface area contributed by atoms with Gasteiger partial charge in [-0.25, -0.2) is 0 Å². The Bertz CT molecular complexity index is 97.2. The second kappa shape index (κ2) is 2.61. The minimum absolute atomic E-state index is 0.693. The Morgan fingerprint density at radius 2 is 1.88 bits per heavy atom. The van der Waals surface area contributed by atoms with Gasteiger partial charge < -0.3 is 0 Å². The zero-order valence-electron chi connectivity index (χ0n) is 5.17. The van der Waals surface area contributed by atoms with Gasteiger partial charge in [-0.3, -0.25) is 0 Å². The molecule has 0 aromatic heterocycles. The van der Waals surface area contributed by atoms with E-state index in [2.05, 4.69) is 2.79 Å². The summed E-state index contributed by atoms with van der Waals surface area (Å²) in [7, 11) is 0. The predicted molar refractivity (Wildman–Crippen MR) is 31.4 cm³/mol. The Balaban J connectivity index is 3.55. The number of hydrogen-bond acceptors (Lipinski definition) is 3. The van der Waals surface area contributed by atoms with Gasteiger partial charge in [0, 0.05) is 0 Å². The van der Waals surface area contributed by atoms with Crippen molar-refractivity contribution in [1.29, 1.82) is 0 Å². The molecule has 0 aromatic carbocycles. The van der Waals surface area contributed by atoms with Crippen molar-refractivity contribution in [3.05, 3.63) is 10.1 Å². The van der Waals surface area contributed by atoms with Gasteiger partial charge in [0.05, 0.1) is 0 Å². The molecule has 0 atom stereocenters. The SMILES string of the molecule is [CH3][Pb]([CH3])([CH3])[O][N+](=O)[O-]. The molecular weight excluding hydrogens is 305 g/mol. The second-order valence-electron chi connectivity index (χ2n) is 2.43. The molecule has 48 valence electrons. The molecule has 0 aliphatic rings. The standard InChI is InChI=1S/3CH3.NO3.Pb/c;;;2-1(3)4;/h3*1H3;;/q;;;-1;+1. The first-order chi connectivity index (χ1) is 3.42. The van der Waals surface area contributed by atoms with E-state index in [1.165, 1.54) is 0 Å². The van der Waals surface area contributed by atoms with Gasteiger partial charge in [-0.15, -0.1) is 0 Å². The first-order valence-corrected chi connectivity index (χ1v) is 15.5. The van der Waals surface area contributed by atoms with Gasteiger partial charge in [-0.05, 0) is 0 Å². The van der Waals surface area contributed by atoms with Crippen LogP contribution in [0.3, 0.4) is 0 Å². The summed E-state index contributed by atoms with van der Waals surface area (Å²) in [6, 6.07) is 0. The third kappa shape index (κ3) is 6.12. The maximum absolute atomic E-state index is 9.65. The van der Waals surface area contributed by atoms with Crippen molar-refractivity contribution < 1.29 is 7.87 Å². The Kier molecular flexibility index (Phi) is 2.65. The summed E-state index contributed by atoms with van der Waals surface area (Å²) < 4.78 is 9.91. The molecule has 0 amide bonds. The van der Waals surface area contributed by atoms with Crippen LogP contribution in [0.5, 0.6) is 0 Å². The molecule has 0 saturated heterocycles. The first-order valence-electron chi connectivity index (χ1n) is 2.25. The van der Waals surface area contributed by atoms with E-state index in [1.54, 1.807) is 0 Å². The summed E-state index contributed by atoms with van der Waals surface area (Å²) in [5, 5.41) is 8.96. The number of rotatable bonds is 2. The Hall–Kier alpha value is 0.122.